The minimum atomic E-state index is -0.306. The second-order valence-corrected chi connectivity index (χ2v) is 4.29. The molecule has 0 amide bonds. The number of hydrogen-bond donors (Lipinski definition) is 1. The van der Waals surface area contributed by atoms with Crippen molar-refractivity contribution in [1.29, 1.82) is 0 Å². The SMILES string of the molecule is CCOC(=O)c1ccccc1NCc1cncn1CC. The number of benzene rings is 1. The smallest absolute Gasteiger partial charge is 0.340 e. The zero-order valence-electron chi connectivity index (χ0n) is 11.8. The van der Waals surface area contributed by atoms with Gasteiger partial charge in [-0.25, -0.2) is 9.78 Å². The molecule has 0 aliphatic carbocycles. The molecule has 5 nitrogen and oxygen atoms in total. The first-order chi connectivity index (χ1) is 9.76. The van der Waals surface area contributed by atoms with Gasteiger partial charge < -0.3 is 14.6 Å². The first kappa shape index (κ1) is 14.1. The molecule has 2 aromatic rings. The second kappa shape index (κ2) is 6.75. The van der Waals surface area contributed by atoms with E-state index in [1.165, 1.54) is 0 Å². The van der Waals surface area contributed by atoms with Crippen LogP contribution in [-0.4, -0.2) is 22.1 Å². The van der Waals surface area contributed by atoms with Crippen molar-refractivity contribution in [3.8, 4) is 0 Å². The monoisotopic (exact) mass is 273 g/mol. The van der Waals surface area contributed by atoms with Crippen molar-refractivity contribution in [1.82, 2.24) is 9.55 Å². The van der Waals surface area contributed by atoms with Crippen LogP contribution in [-0.2, 0) is 17.8 Å². The van der Waals surface area contributed by atoms with Crippen LogP contribution < -0.4 is 5.32 Å². The fourth-order valence-electron chi connectivity index (χ4n) is 1.99. The molecule has 1 heterocycles. The largest absolute Gasteiger partial charge is 0.462 e. The zero-order valence-corrected chi connectivity index (χ0v) is 11.8. The number of ether oxygens (including phenoxy) is 1. The average molecular weight is 273 g/mol. The summed E-state index contributed by atoms with van der Waals surface area (Å²) in [4.78, 5) is 16.0. The average Bonchev–Trinajstić information content (AvgIpc) is 2.93. The molecule has 0 spiro atoms. The molecule has 0 fully saturated rings. The lowest BCUT2D eigenvalue weighted by Crippen LogP contribution is -2.11. The third-order valence-corrected chi connectivity index (χ3v) is 3.02. The van der Waals surface area contributed by atoms with Crippen LogP contribution in [0.1, 0.15) is 29.9 Å². The van der Waals surface area contributed by atoms with E-state index in [0.717, 1.165) is 17.9 Å². The Morgan fingerprint density at radius 3 is 2.90 bits per heavy atom. The van der Waals surface area contributed by atoms with E-state index in [4.69, 9.17) is 4.74 Å². The van der Waals surface area contributed by atoms with Crippen LogP contribution >= 0.6 is 0 Å². The van der Waals surface area contributed by atoms with Crippen LogP contribution in [0.3, 0.4) is 0 Å². The lowest BCUT2D eigenvalue weighted by atomic mass is 10.2. The van der Waals surface area contributed by atoms with E-state index in [1.807, 2.05) is 24.4 Å². The van der Waals surface area contributed by atoms with Crippen molar-refractivity contribution in [3.05, 3.63) is 48.0 Å². The standard InChI is InChI=1S/C15H19N3O2/c1-3-18-11-16-9-12(18)10-17-14-8-6-5-7-13(14)15(19)20-4-2/h5-9,11,17H,3-4,10H2,1-2H3. The van der Waals surface area contributed by atoms with Crippen LogP contribution in [0, 0.1) is 0 Å². The van der Waals surface area contributed by atoms with Gasteiger partial charge in [-0.3, -0.25) is 0 Å². The van der Waals surface area contributed by atoms with Crippen molar-refractivity contribution in [2.75, 3.05) is 11.9 Å². The van der Waals surface area contributed by atoms with Crippen LogP contribution in [0.15, 0.2) is 36.8 Å². The van der Waals surface area contributed by atoms with E-state index in [1.54, 1.807) is 19.3 Å². The molecule has 106 valence electrons. The van der Waals surface area contributed by atoms with E-state index in [9.17, 15) is 4.79 Å². The van der Waals surface area contributed by atoms with E-state index >= 15 is 0 Å². The number of anilines is 1. The topological polar surface area (TPSA) is 56.1 Å². The van der Waals surface area contributed by atoms with E-state index in [-0.39, 0.29) is 5.97 Å². The number of esters is 1. The summed E-state index contributed by atoms with van der Waals surface area (Å²) in [6.45, 7) is 5.72. The highest BCUT2D eigenvalue weighted by Crippen LogP contribution is 2.17. The van der Waals surface area contributed by atoms with Gasteiger partial charge in [-0.15, -0.1) is 0 Å². The number of hydrogen-bond acceptors (Lipinski definition) is 4. The van der Waals surface area contributed by atoms with E-state index in [0.29, 0.717) is 18.7 Å². The molecule has 2 rings (SSSR count). The molecule has 0 bridgehead atoms. The number of para-hydroxylation sites is 1. The first-order valence-corrected chi connectivity index (χ1v) is 6.75. The first-order valence-electron chi connectivity index (χ1n) is 6.75. The molecule has 0 aliphatic heterocycles. The van der Waals surface area contributed by atoms with Gasteiger partial charge in [0.2, 0.25) is 0 Å². The molecule has 0 radical (unpaired) electrons. The maximum Gasteiger partial charge on any atom is 0.340 e. The van der Waals surface area contributed by atoms with Gasteiger partial charge in [-0.1, -0.05) is 12.1 Å². The predicted octanol–water partition coefficient (Wildman–Crippen LogP) is 2.69. The van der Waals surface area contributed by atoms with Gasteiger partial charge in [-0.2, -0.15) is 0 Å². The second-order valence-electron chi connectivity index (χ2n) is 4.29. The van der Waals surface area contributed by atoms with Gasteiger partial charge >= 0.3 is 5.97 Å². The molecule has 5 heteroatoms. The lowest BCUT2D eigenvalue weighted by Gasteiger charge is -2.12. The van der Waals surface area contributed by atoms with Gasteiger partial charge in [0.25, 0.3) is 0 Å². The van der Waals surface area contributed by atoms with E-state index < -0.39 is 0 Å². The van der Waals surface area contributed by atoms with Gasteiger partial charge in [-0.05, 0) is 26.0 Å². The number of rotatable bonds is 6. The third kappa shape index (κ3) is 3.17. The van der Waals surface area contributed by atoms with Crippen molar-refractivity contribution < 1.29 is 9.53 Å². The Bertz CT molecular complexity index is 578. The third-order valence-electron chi connectivity index (χ3n) is 3.02. The van der Waals surface area contributed by atoms with Crippen LogP contribution in [0.5, 0.6) is 0 Å². The molecular weight excluding hydrogens is 254 g/mol. The number of nitrogens with one attached hydrogen (secondary N) is 1. The summed E-state index contributed by atoms with van der Waals surface area (Å²) in [5, 5.41) is 3.27. The van der Waals surface area contributed by atoms with Crippen molar-refractivity contribution in [2.24, 2.45) is 0 Å². The summed E-state index contributed by atoms with van der Waals surface area (Å²) >= 11 is 0. The van der Waals surface area contributed by atoms with E-state index in [2.05, 4.69) is 21.8 Å². The minimum Gasteiger partial charge on any atom is -0.462 e. The molecule has 1 aromatic carbocycles. The Kier molecular flexibility index (Phi) is 4.76. The lowest BCUT2D eigenvalue weighted by molar-refractivity contribution is 0.0527. The van der Waals surface area contributed by atoms with Gasteiger partial charge in [0.1, 0.15) is 0 Å². The number of imidazole rings is 1. The maximum absolute atomic E-state index is 11.9. The Balaban J connectivity index is 2.11. The Morgan fingerprint density at radius 2 is 2.15 bits per heavy atom. The molecule has 0 unspecified atom stereocenters. The van der Waals surface area contributed by atoms with Crippen LogP contribution in [0.4, 0.5) is 5.69 Å². The van der Waals surface area contributed by atoms with Gasteiger partial charge in [0, 0.05) is 18.4 Å². The molecule has 1 aromatic heterocycles. The Labute approximate surface area is 118 Å². The number of carbonyl (C=O) groups excluding carboxylic acids is 1. The maximum atomic E-state index is 11.9. The molecule has 20 heavy (non-hydrogen) atoms. The quantitative estimate of drug-likeness (QED) is 0.822. The van der Waals surface area contributed by atoms with Gasteiger partial charge in [0.05, 0.1) is 30.7 Å². The highest BCUT2D eigenvalue weighted by atomic mass is 16.5. The summed E-state index contributed by atoms with van der Waals surface area (Å²) in [5.74, 6) is -0.306. The normalized spacial score (nSPS) is 10.3. The van der Waals surface area contributed by atoms with Crippen molar-refractivity contribution in [3.63, 3.8) is 0 Å². The summed E-state index contributed by atoms with van der Waals surface area (Å²) in [6.07, 6.45) is 3.62. The summed E-state index contributed by atoms with van der Waals surface area (Å²) in [7, 11) is 0. The fraction of sp³-hybridized carbons (Fsp3) is 0.333. The predicted molar refractivity (Wildman–Crippen MR) is 77.6 cm³/mol. The Hall–Kier alpha value is -2.30. The molecule has 0 saturated heterocycles. The highest BCUT2D eigenvalue weighted by molar-refractivity contribution is 5.95. The van der Waals surface area contributed by atoms with Crippen LogP contribution in [0.25, 0.3) is 0 Å². The fourth-order valence-corrected chi connectivity index (χ4v) is 1.99. The summed E-state index contributed by atoms with van der Waals surface area (Å²) in [5.41, 5.74) is 2.40. The molecule has 0 aliphatic rings. The zero-order chi connectivity index (χ0) is 14.4. The Morgan fingerprint density at radius 1 is 1.35 bits per heavy atom. The molecule has 1 N–H and O–H groups in total. The number of nitrogens with zero attached hydrogens (tertiary/aromatic N) is 2. The summed E-state index contributed by atoms with van der Waals surface area (Å²) in [6, 6.07) is 7.35. The highest BCUT2D eigenvalue weighted by Gasteiger charge is 2.11. The van der Waals surface area contributed by atoms with Crippen molar-refractivity contribution in [2.45, 2.75) is 26.9 Å². The van der Waals surface area contributed by atoms with Crippen LogP contribution in [0.2, 0.25) is 0 Å². The minimum absolute atomic E-state index is 0.306. The van der Waals surface area contributed by atoms with Gasteiger partial charge in [0.15, 0.2) is 0 Å². The number of aromatic nitrogens is 2. The molecule has 0 saturated carbocycles. The number of carbonyl (C=O) groups is 1. The number of aryl methyl sites for hydroxylation is 1. The van der Waals surface area contributed by atoms with Crippen molar-refractivity contribution >= 4 is 11.7 Å². The molecular formula is C15H19N3O2. The molecule has 0 atom stereocenters. The summed E-state index contributed by atoms with van der Waals surface area (Å²) < 4.78 is 7.11.